The summed E-state index contributed by atoms with van der Waals surface area (Å²) in [6.45, 7) is 2.66. The minimum Gasteiger partial charge on any atom is -0.465 e. The van der Waals surface area contributed by atoms with E-state index in [2.05, 4.69) is 6.92 Å². The van der Waals surface area contributed by atoms with Crippen molar-refractivity contribution in [2.45, 2.75) is 37.9 Å². The molecule has 5 nitrogen and oxygen atoms in total. The fourth-order valence-electron chi connectivity index (χ4n) is 4.26. The molecule has 0 unspecified atom stereocenters. The van der Waals surface area contributed by atoms with Gasteiger partial charge in [-0.3, -0.25) is 9.59 Å². The third kappa shape index (κ3) is 2.95. The van der Waals surface area contributed by atoms with Gasteiger partial charge in [0.1, 0.15) is 17.3 Å². The third-order valence-corrected chi connectivity index (χ3v) is 5.89. The van der Waals surface area contributed by atoms with Crippen LogP contribution >= 0.6 is 11.6 Å². The average molecular weight is 394 g/mol. The number of unbranched alkanes of at least 4 members (excludes halogenated alkanes) is 2. The van der Waals surface area contributed by atoms with Crippen molar-refractivity contribution >= 4 is 29.2 Å². The van der Waals surface area contributed by atoms with Gasteiger partial charge < -0.3 is 14.4 Å². The molecule has 7 heteroatoms. The molecule has 2 bridgehead atoms. The molecule has 0 aromatic heterocycles. The lowest BCUT2D eigenvalue weighted by Gasteiger charge is -2.22. The number of carbonyl (C=O) groups excluding carboxylic acids is 2. The van der Waals surface area contributed by atoms with Crippen molar-refractivity contribution in [2.24, 2.45) is 11.8 Å². The fraction of sp³-hybridized carbons (Fsp3) is 0.500. The van der Waals surface area contributed by atoms with Crippen molar-refractivity contribution in [3.63, 3.8) is 0 Å². The van der Waals surface area contributed by atoms with Gasteiger partial charge in [0.2, 0.25) is 5.91 Å². The molecule has 2 saturated heterocycles. The van der Waals surface area contributed by atoms with Crippen LogP contribution in [-0.4, -0.2) is 36.7 Å². The van der Waals surface area contributed by atoms with Crippen molar-refractivity contribution < 1.29 is 23.5 Å². The summed E-state index contributed by atoms with van der Waals surface area (Å²) < 4.78 is 25.3. The molecule has 0 aliphatic carbocycles. The highest BCUT2D eigenvalue weighted by atomic mass is 35.5. The highest BCUT2D eigenvalue weighted by molar-refractivity contribution is 6.30. The third-order valence-electron chi connectivity index (χ3n) is 5.58. The standard InChI is InChI=1S/C20H21ClFNO4/c1-2-3-4-9-26-19(25)16-15-7-8-20(27-15)11-23(18(24)17(16)20)12-5-6-13(21)14(22)10-12/h5-8,10,15-17H,2-4,9,11H2,1H3/t15-,16-,17-,20+/m1/s1. The Morgan fingerprint density at radius 1 is 1.44 bits per heavy atom. The zero-order valence-corrected chi connectivity index (χ0v) is 15.7. The topological polar surface area (TPSA) is 55.8 Å². The number of carbonyl (C=O) groups is 2. The van der Waals surface area contributed by atoms with Gasteiger partial charge in [0, 0.05) is 5.69 Å². The minimum atomic E-state index is -0.856. The van der Waals surface area contributed by atoms with E-state index in [1.54, 1.807) is 6.07 Å². The summed E-state index contributed by atoms with van der Waals surface area (Å²) in [6, 6.07) is 4.24. The van der Waals surface area contributed by atoms with Gasteiger partial charge >= 0.3 is 5.97 Å². The van der Waals surface area contributed by atoms with Crippen LogP contribution in [0.4, 0.5) is 10.1 Å². The van der Waals surface area contributed by atoms with E-state index in [4.69, 9.17) is 21.1 Å². The molecule has 3 aliphatic rings. The lowest BCUT2D eigenvalue weighted by Crippen LogP contribution is -2.40. The summed E-state index contributed by atoms with van der Waals surface area (Å²) in [6.07, 6.45) is 6.06. The number of hydrogen-bond acceptors (Lipinski definition) is 4. The van der Waals surface area contributed by atoms with E-state index in [1.807, 2.05) is 12.2 Å². The van der Waals surface area contributed by atoms with Crippen molar-refractivity contribution in [3.05, 3.63) is 41.2 Å². The SMILES string of the molecule is CCCCCOC(=O)[C@@H]1[C@H]2C=C[C@@]3(CN(c4ccc(Cl)c(F)c4)C(=O)[C@@H]13)O2. The quantitative estimate of drug-likeness (QED) is 0.421. The zero-order chi connectivity index (χ0) is 19.2. The predicted octanol–water partition coefficient (Wildman–Crippen LogP) is 3.50. The summed E-state index contributed by atoms with van der Waals surface area (Å²) in [7, 11) is 0. The first-order valence-electron chi connectivity index (χ1n) is 9.27. The molecule has 144 valence electrons. The molecule has 1 spiro atoms. The fourth-order valence-corrected chi connectivity index (χ4v) is 4.38. The number of esters is 1. The van der Waals surface area contributed by atoms with Crippen LogP contribution in [0.3, 0.4) is 0 Å². The van der Waals surface area contributed by atoms with Crippen LogP contribution < -0.4 is 4.90 Å². The van der Waals surface area contributed by atoms with Crippen LogP contribution in [0.1, 0.15) is 26.2 Å². The van der Waals surface area contributed by atoms with Crippen molar-refractivity contribution in [1.29, 1.82) is 0 Å². The highest BCUT2D eigenvalue weighted by Gasteiger charge is 2.67. The zero-order valence-electron chi connectivity index (χ0n) is 15.0. The number of nitrogens with zero attached hydrogens (tertiary/aromatic N) is 1. The first-order chi connectivity index (χ1) is 13.0. The Morgan fingerprint density at radius 3 is 3.00 bits per heavy atom. The molecular weight excluding hydrogens is 373 g/mol. The molecular formula is C20H21ClFNO4. The minimum absolute atomic E-state index is 0.00522. The molecule has 2 fully saturated rings. The highest BCUT2D eigenvalue weighted by Crippen LogP contribution is 2.53. The molecule has 4 rings (SSSR count). The average Bonchev–Trinajstić information content (AvgIpc) is 3.29. The maximum atomic E-state index is 13.9. The van der Waals surface area contributed by atoms with Crippen LogP contribution in [0, 0.1) is 17.7 Å². The van der Waals surface area contributed by atoms with E-state index >= 15 is 0 Å². The monoisotopic (exact) mass is 393 g/mol. The van der Waals surface area contributed by atoms with E-state index in [1.165, 1.54) is 17.0 Å². The van der Waals surface area contributed by atoms with Crippen LogP contribution in [0.15, 0.2) is 30.4 Å². The molecule has 3 heterocycles. The molecule has 1 aromatic rings. The molecule has 0 saturated carbocycles. The largest absolute Gasteiger partial charge is 0.465 e. The summed E-state index contributed by atoms with van der Waals surface area (Å²) in [4.78, 5) is 27.2. The summed E-state index contributed by atoms with van der Waals surface area (Å²) in [5.74, 6) is -2.55. The molecule has 1 aromatic carbocycles. The van der Waals surface area contributed by atoms with Gasteiger partial charge in [-0.25, -0.2) is 4.39 Å². The smallest absolute Gasteiger partial charge is 0.312 e. The summed E-state index contributed by atoms with van der Waals surface area (Å²) in [5.41, 5.74) is -0.452. The van der Waals surface area contributed by atoms with Crippen LogP contribution in [0.5, 0.6) is 0 Å². The van der Waals surface area contributed by atoms with Gasteiger partial charge in [0.05, 0.1) is 30.2 Å². The first kappa shape index (κ1) is 18.4. The van der Waals surface area contributed by atoms with Crippen molar-refractivity contribution in [2.75, 3.05) is 18.1 Å². The number of benzene rings is 1. The van der Waals surface area contributed by atoms with E-state index in [0.717, 1.165) is 19.3 Å². The number of halogens is 2. The Hall–Kier alpha value is -1.92. The molecule has 0 N–H and O–H groups in total. The van der Waals surface area contributed by atoms with Crippen molar-refractivity contribution in [1.82, 2.24) is 0 Å². The van der Waals surface area contributed by atoms with Gasteiger partial charge in [0.15, 0.2) is 0 Å². The first-order valence-corrected chi connectivity index (χ1v) is 9.65. The molecule has 0 radical (unpaired) electrons. The Kier molecular flexibility index (Phi) is 4.72. The van der Waals surface area contributed by atoms with Crippen LogP contribution in [0.2, 0.25) is 5.02 Å². The number of ether oxygens (including phenoxy) is 2. The predicted molar refractivity (Wildman–Crippen MR) is 98.0 cm³/mol. The van der Waals surface area contributed by atoms with Gasteiger partial charge in [-0.1, -0.05) is 43.5 Å². The number of anilines is 1. The van der Waals surface area contributed by atoms with E-state index in [0.29, 0.717) is 12.3 Å². The normalized spacial score (nSPS) is 30.9. The van der Waals surface area contributed by atoms with Crippen LogP contribution in [-0.2, 0) is 19.1 Å². The van der Waals surface area contributed by atoms with Gasteiger partial charge in [-0.2, -0.15) is 0 Å². The lowest BCUT2D eigenvalue weighted by atomic mass is 9.77. The number of fused-ring (bicyclic) bond motifs is 1. The van der Waals surface area contributed by atoms with E-state index < -0.39 is 35.3 Å². The summed E-state index contributed by atoms with van der Waals surface area (Å²) >= 11 is 5.74. The second-order valence-corrected chi connectivity index (χ2v) is 7.70. The van der Waals surface area contributed by atoms with Crippen molar-refractivity contribution in [3.8, 4) is 0 Å². The Bertz CT molecular complexity index is 813. The Balaban J connectivity index is 1.55. The van der Waals surface area contributed by atoms with Gasteiger partial charge in [-0.15, -0.1) is 0 Å². The Morgan fingerprint density at radius 2 is 2.26 bits per heavy atom. The number of rotatable bonds is 6. The molecule has 3 aliphatic heterocycles. The summed E-state index contributed by atoms with van der Waals surface area (Å²) in [5, 5.41) is -0.00522. The molecule has 1 amide bonds. The van der Waals surface area contributed by atoms with Crippen LogP contribution in [0.25, 0.3) is 0 Å². The molecule has 4 atom stereocenters. The van der Waals surface area contributed by atoms with E-state index in [-0.39, 0.29) is 17.5 Å². The van der Waals surface area contributed by atoms with Gasteiger partial charge in [0.25, 0.3) is 0 Å². The number of amides is 1. The maximum Gasteiger partial charge on any atom is 0.312 e. The second-order valence-electron chi connectivity index (χ2n) is 7.30. The second kappa shape index (κ2) is 6.91. The molecule has 27 heavy (non-hydrogen) atoms. The Labute approximate surface area is 162 Å². The van der Waals surface area contributed by atoms with E-state index in [9.17, 15) is 14.0 Å². The van der Waals surface area contributed by atoms with Gasteiger partial charge in [-0.05, 0) is 24.6 Å². The lowest BCUT2D eigenvalue weighted by molar-refractivity contribution is -0.152. The maximum absolute atomic E-state index is 13.9. The number of hydrogen-bond donors (Lipinski definition) is 0.